The van der Waals surface area contributed by atoms with E-state index in [-0.39, 0.29) is 16.8 Å². The van der Waals surface area contributed by atoms with Gasteiger partial charge in [0.25, 0.3) is 5.91 Å². The van der Waals surface area contributed by atoms with Gasteiger partial charge in [-0.3, -0.25) is 14.5 Å². The highest BCUT2D eigenvalue weighted by molar-refractivity contribution is 6.00. The van der Waals surface area contributed by atoms with Crippen molar-refractivity contribution in [2.45, 2.75) is 26.3 Å². The molecule has 0 saturated carbocycles. The van der Waals surface area contributed by atoms with E-state index in [2.05, 4.69) is 16.0 Å². The number of nitrogen functional groups attached to an aromatic ring is 1. The minimum Gasteiger partial charge on any atom is -0.464 e. The van der Waals surface area contributed by atoms with E-state index < -0.39 is 11.3 Å². The average molecular weight is 422 g/mol. The third kappa shape index (κ3) is 3.75. The van der Waals surface area contributed by atoms with Crippen LogP contribution < -0.4 is 21.8 Å². The number of aromatic nitrogens is 3. The van der Waals surface area contributed by atoms with Crippen LogP contribution >= 0.6 is 0 Å². The third-order valence-corrected chi connectivity index (χ3v) is 5.05. The van der Waals surface area contributed by atoms with Crippen molar-refractivity contribution in [3.63, 3.8) is 0 Å². The molecule has 0 unspecified atom stereocenters. The predicted octanol–water partition coefficient (Wildman–Crippen LogP) is 1.89. The summed E-state index contributed by atoms with van der Waals surface area (Å²) in [6, 6.07) is 0. The van der Waals surface area contributed by atoms with Crippen molar-refractivity contribution in [1.29, 1.82) is 0 Å². The van der Waals surface area contributed by atoms with E-state index in [1.54, 1.807) is 9.47 Å². The molecule has 0 aromatic carbocycles. The molecule has 0 atom stereocenters. The highest BCUT2D eigenvalue weighted by Crippen LogP contribution is 2.25. The Hall–Kier alpha value is -4.08. The van der Waals surface area contributed by atoms with Crippen LogP contribution in [-0.4, -0.2) is 27.0 Å². The second-order valence-electron chi connectivity index (χ2n) is 6.97. The number of anilines is 2. The molecule has 10 nitrogen and oxygen atoms in total. The number of allylic oxidation sites excluding steroid dienone is 3. The lowest BCUT2D eigenvalue weighted by Gasteiger charge is -2.26. The maximum atomic E-state index is 12.8. The number of carbonyl (C=O) groups excluding carboxylic acids is 1. The molecule has 0 bridgehead atoms. The minimum absolute atomic E-state index is 0.0248. The molecule has 10 heteroatoms. The summed E-state index contributed by atoms with van der Waals surface area (Å²) >= 11 is 0. The standard InChI is InChI=1S/C21H22N6O4/c1-2-26-18(22)16(19(23)29)17(28)14-10-24-21(25-20(14)26)27(15-12-30-8-9-31-15)11-13-6-4-3-5-7-13/h3-4,6,8-10,12H,2,5,7,11,22H2,1H3,(H2,23,29). The summed E-state index contributed by atoms with van der Waals surface area (Å²) < 4.78 is 12.4. The van der Waals surface area contributed by atoms with E-state index in [9.17, 15) is 9.59 Å². The Kier molecular flexibility index (Phi) is 5.44. The van der Waals surface area contributed by atoms with Crippen LogP contribution in [-0.2, 0) is 16.0 Å². The largest absolute Gasteiger partial charge is 0.464 e. The van der Waals surface area contributed by atoms with Crippen LogP contribution in [0.2, 0.25) is 0 Å². The van der Waals surface area contributed by atoms with Gasteiger partial charge in [0.05, 0.1) is 11.9 Å². The Morgan fingerprint density at radius 3 is 2.84 bits per heavy atom. The second kappa shape index (κ2) is 8.34. The van der Waals surface area contributed by atoms with Crippen LogP contribution in [0.3, 0.4) is 0 Å². The van der Waals surface area contributed by atoms with Gasteiger partial charge in [0.2, 0.25) is 17.3 Å². The zero-order chi connectivity index (χ0) is 22.0. The van der Waals surface area contributed by atoms with E-state index >= 15 is 0 Å². The predicted molar refractivity (Wildman–Crippen MR) is 116 cm³/mol. The first kappa shape index (κ1) is 20.2. The molecule has 1 aliphatic heterocycles. The maximum Gasteiger partial charge on any atom is 0.256 e. The average Bonchev–Trinajstić information content (AvgIpc) is 2.78. The molecule has 4 rings (SSSR count). The smallest absolute Gasteiger partial charge is 0.256 e. The quantitative estimate of drug-likeness (QED) is 0.720. The lowest BCUT2D eigenvalue weighted by atomic mass is 10.0. The molecule has 1 amide bonds. The van der Waals surface area contributed by atoms with Gasteiger partial charge >= 0.3 is 0 Å². The van der Waals surface area contributed by atoms with Gasteiger partial charge in [-0.1, -0.05) is 23.8 Å². The van der Waals surface area contributed by atoms with Gasteiger partial charge in [0.1, 0.15) is 23.9 Å². The molecule has 0 saturated heterocycles. The first-order valence-electron chi connectivity index (χ1n) is 9.79. The van der Waals surface area contributed by atoms with Gasteiger partial charge in [0.15, 0.2) is 11.9 Å². The lowest BCUT2D eigenvalue weighted by Crippen LogP contribution is -2.31. The van der Waals surface area contributed by atoms with Crippen molar-refractivity contribution in [3.05, 3.63) is 70.5 Å². The number of nitrogens with two attached hydrogens (primary N) is 2. The van der Waals surface area contributed by atoms with E-state index in [1.165, 1.54) is 25.0 Å². The van der Waals surface area contributed by atoms with Gasteiger partial charge in [-0.15, -0.1) is 0 Å². The number of hydrogen-bond acceptors (Lipinski definition) is 8. The fourth-order valence-electron chi connectivity index (χ4n) is 3.53. The van der Waals surface area contributed by atoms with Crippen molar-refractivity contribution in [3.8, 4) is 0 Å². The van der Waals surface area contributed by atoms with Crippen molar-refractivity contribution < 1.29 is 14.3 Å². The molecule has 4 N–H and O–H groups in total. The molecule has 160 valence electrons. The first-order valence-corrected chi connectivity index (χ1v) is 9.79. The molecule has 0 spiro atoms. The number of aryl methyl sites for hydroxylation is 1. The number of rotatable bonds is 6. The maximum absolute atomic E-state index is 12.8. The van der Waals surface area contributed by atoms with Crippen molar-refractivity contribution in [2.75, 3.05) is 17.2 Å². The summed E-state index contributed by atoms with van der Waals surface area (Å²) in [5.74, 6) is -0.229. The molecule has 3 heterocycles. The van der Waals surface area contributed by atoms with Crippen LogP contribution in [0.4, 0.5) is 11.8 Å². The highest BCUT2D eigenvalue weighted by Gasteiger charge is 2.24. The number of ether oxygens (including phenoxy) is 2. The van der Waals surface area contributed by atoms with Gasteiger partial charge in [-0.25, -0.2) is 4.98 Å². The molecular weight excluding hydrogens is 400 g/mol. The first-order chi connectivity index (χ1) is 15.0. The normalized spacial score (nSPS) is 15.1. The Balaban J connectivity index is 1.87. The fraction of sp³-hybridized carbons (Fsp3) is 0.238. The van der Waals surface area contributed by atoms with Gasteiger partial charge in [0, 0.05) is 12.7 Å². The van der Waals surface area contributed by atoms with Crippen LogP contribution in [0.25, 0.3) is 11.0 Å². The van der Waals surface area contributed by atoms with Crippen LogP contribution in [0.1, 0.15) is 30.1 Å². The van der Waals surface area contributed by atoms with Crippen molar-refractivity contribution in [2.24, 2.45) is 5.73 Å². The molecule has 0 radical (unpaired) electrons. The fourth-order valence-corrected chi connectivity index (χ4v) is 3.53. The Labute approximate surface area is 177 Å². The molecule has 31 heavy (non-hydrogen) atoms. The van der Waals surface area contributed by atoms with E-state index in [4.69, 9.17) is 20.9 Å². The van der Waals surface area contributed by atoms with Crippen LogP contribution in [0.5, 0.6) is 0 Å². The SMILES string of the molecule is CCn1c(N)c(C(N)=O)c(=O)c2cnc(N(CC3=CC=CCC3)C3=COC=CO3)nc21. The molecule has 2 aromatic heterocycles. The third-order valence-electron chi connectivity index (χ3n) is 5.05. The lowest BCUT2D eigenvalue weighted by molar-refractivity contribution is 0.1000. The van der Waals surface area contributed by atoms with Crippen molar-refractivity contribution in [1.82, 2.24) is 14.5 Å². The second-order valence-corrected chi connectivity index (χ2v) is 6.97. The van der Waals surface area contributed by atoms with E-state index in [1.807, 2.05) is 19.1 Å². The summed E-state index contributed by atoms with van der Waals surface area (Å²) in [5, 5.41) is 0.156. The number of pyridine rings is 1. The number of nitrogens with zero attached hydrogens (tertiary/aromatic N) is 4. The Bertz CT molecular complexity index is 1220. The van der Waals surface area contributed by atoms with E-state index in [0.717, 1.165) is 18.4 Å². The topological polar surface area (TPSA) is 139 Å². The van der Waals surface area contributed by atoms with Crippen molar-refractivity contribution >= 4 is 28.7 Å². The minimum atomic E-state index is -0.890. The van der Waals surface area contributed by atoms with Gasteiger partial charge in [-0.05, 0) is 19.8 Å². The summed E-state index contributed by atoms with van der Waals surface area (Å²) in [7, 11) is 0. The zero-order valence-electron chi connectivity index (χ0n) is 16.9. The molecule has 2 aliphatic rings. The Morgan fingerprint density at radius 2 is 2.19 bits per heavy atom. The summed E-state index contributed by atoms with van der Waals surface area (Å²) in [6.45, 7) is 2.67. The summed E-state index contributed by atoms with van der Waals surface area (Å²) in [4.78, 5) is 35.3. The van der Waals surface area contributed by atoms with E-state index in [0.29, 0.717) is 30.6 Å². The number of carbonyl (C=O) groups is 1. The van der Waals surface area contributed by atoms with Gasteiger partial charge < -0.3 is 25.5 Å². The zero-order valence-corrected chi connectivity index (χ0v) is 16.9. The molecule has 2 aromatic rings. The van der Waals surface area contributed by atoms with Crippen LogP contribution in [0, 0.1) is 0 Å². The summed E-state index contributed by atoms with van der Waals surface area (Å²) in [6.07, 6.45) is 13.6. The molecule has 0 fully saturated rings. The number of hydrogen-bond donors (Lipinski definition) is 2. The monoisotopic (exact) mass is 422 g/mol. The Morgan fingerprint density at radius 1 is 1.35 bits per heavy atom. The van der Waals surface area contributed by atoms with Gasteiger partial charge in [-0.2, -0.15) is 4.98 Å². The molecule has 1 aliphatic carbocycles. The number of fused-ring (bicyclic) bond motifs is 1. The molecular formula is C21H22N6O4. The highest BCUT2D eigenvalue weighted by atomic mass is 16.5. The summed E-state index contributed by atoms with van der Waals surface area (Å²) in [5.41, 5.74) is 12.1. The number of primary amides is 1. The number of amides is 1. The van der Waals surface area contributed by atoms with Crippen LogP contribution in [0.15, 0.2) is 59.5 Å².